The van der Waals surface area contributed by atoms with E-state index in [1.165, 1.54) is 27.0 Å². The average molecular weight is 1140 g/mol. The van der Waals surface area contributed by atoms with Crippen LogP contribution in [-0.4, -0.2) is 180 Å². The zero-order valence-corrected chi connectivity index (χ0v) is 44.7. The quantitative estimate of drug-likeness (QED) is 0.0126. The van der Waals surface area contributed by atoms with E-state index in [-0.39, 0.29) is 38.2 Å². The number of para-hydroxylation sites is 2. The van der Waals surface area contributed by atoms with E-state index in [0.29, 0.717) is 32.9 Å². The zero-order chi connectivity index (χ0) is 60.2. The second-order valence-corrected chi connectivity index (χ2v) is 19.2. The van der Waals surface area contributed by atoms with Gasteiger partial charge in [-0.25, -0.2) is 0 Å². The van der Waals surface area contributed by atoms with Crippen molar-refractivity contribution in [1.29, 1.82) is 0 Å². The molecule has 0 aliphatic rings. The SMILES string of the molecule is C[C@H](NC(=O)[C@H](CCCN=C(N)N)NC(=O)[C@H](CC(=O)O)NC(=O)[C@H](Cc1c[nH]c2ccccc12)NC(=O)[C@H](C)NC(=O)[C@H](CCC(=O)O)NC(=O)[C@H](Cc1c[nH]c2ccccc12)NC(=O)[C@@H](NC(=O)[C@@H](N)[C@@H](C)O)[C@@H](C)O)C(=O)O. The molecule has 2 heterocycles. The molecule has 0 radical (unpaired) electrons. The van der Waals surface area contributed by atoms with E-state index >= 15 is 0 Å². The number of hydrogen-bond donors (Lipinski definition) is 18. The van der Waals surface area contributed by atoms with Crippen LogP contribution in [0.1, 0.15) is 70.9 Å². The Labute approximate surface area is 462 Å². The molecule has 0 saturated heterocycles. The Morgan fingerprint density at radius 3 is 1.43 bits per heavy atom. The summed E-state index contributed by atoms with van der Waals surface area (Å²) in [4.78, 5) is 156. The lowest BCUT2D eigenvalue weighted by molar-refractivity contribution is -0.143. The highest BCUT2D eigenvalue weighted by Crippen LogP contribution is 2.21. The Bertz CT molecular complexity index is 2950. The molecule has 0 unspecified atom stereocenters. The van der Waals surface area contributed by atoms with Crippen LogP contribution in [-0.2, 0) is 65.6 Å². The van der Waals surface area contributed by atoms with Crippen molar-refractivity contribution < 1.29 is 78.3 Å². The van der Waals surface area contributed by atoms with Crippen LogP contribution in [0.25, 0.3) is 21.8 Å². The molecule has 0 spiro atoms. The van der Waals surface area contributed by atoms with Crippen molar-refractivity contribution in [2.45, 2.75) is 139 Å². The van der Waals surface area contributed by atoms with Crippen molar-refractivity contribution in [3.63, 3.8) is 0 Å². The first-order valence-corrected chi connectivity index (χ1v) is 25.5. The minimum Gasteiger partial charge on any atom is -0.481 e. The Morgan fingerprint density at radius 2 is 0.963 bits per heavy atom. The predicted molar refractivity (Wildman–Crippen MR) is 289 cm³/mol. The number of aliphatic hydroxyl groups excluding tert-OH is 2. The smallest absolute Gasteiger partial charge is 0.325 e. The number of aliphatic imine (C=N–C) groups is 1. The molecule has 21 N–H and O–H groups in total. The number of H-pyrrole nitrogens is 2. The summed E-state index contributed by atoms with van der Waals surface area (Å²) in [6, 6.07) is -0.895. The molecule has 11 atom stereocenters. The number of amides is 8. The van der Waals surface area contributed by atoms with Gasteiger partial charge in [0.1, 0.15) is 54.4 Å². The van der Waals surface area contributed by atoms with E-state index in [4.69, 9.17) is 17.2 Å². The highest BCUT2D eigenvalue weighted by Gasteiger charge is 2.36. The van der Waals surface area contributed by atoms with E-state index in [2.05, 4.69) is 57.5 Å². The molecule has 0 fully saturated rings. The van der Waals surface area contributed by atoms with Crippen LogP contribution in [0.2, 0.25) is 0 Å². The minimum atomic E-state index is -1.92. The van der Waals surface area contributed by atoms with Gasteiger partial charge in [0.05, 0.1) is 18.6 Å². The second-order valence-electron chi connectivity index (χ2n) is 19.2. The molecule has 30 heteroatoms. The van der Waals surface area contributed by atoms with Gasteiger partial charge in [-0.1, -0.05) is 36.4 Å². The maximum Gasteiger partial charge on any atom is 0.325 e. The number of aliphatic carboxylic acids is 3. The highest BCUT2D eigenvalue weighted by molar-refractivity contribution is 5.99. The normalized spacial score (nSPS) is 15.2. The second kappa shape index (κ2) is 30.3. The summed E-state index contributed by atoms with van der Waals surface area (Å²) in [5.74, 6) is -13.3. The number of carboxylic acid groups (broad SMARTS) is 3. The summed E-state index contributed by atoms with van der Waals surface area (Å²) in [5.41, 5.74) is 18.7. The third-order valence-corrected chi connectivity index (χ3v) is 12.7. The molecule has 440 valence electrons. The summed E-state index contributed by atoms with van der Waals surface area (Å²) < 4.78 is 0. The maximum atomic E-state index is 14.3. The summed E-state index contributed by atoms with van der Waals surface area (Å²) in [5, 5.41) is 69.4. The van der Waals surface area contributed by atoms with Crippen LogP contribution < -0.4 is 59.7 Å². The number of fused-ring (bicyclic) bond motifs is 2. The molecule has 4 aromatic rings. The van der Waals surface area contributed by atoms with Gasteiger partial charge in [0.2, 0.25) is 47.3 Å². The summed E-state index contributed by atoms with van der Waals surface area (Å²) in [6.07, 6.45) is -2.91. The molecule has 30 nitrogen and oxygen atoms in total. The van der Waals surface area contributed by atoms with E-state index in [0.717, 1.165) is 6.92 Å². The standard InChI is InChI=1S/C51H70N14O16/c1-23(58-44(74)34(15-16-38(68)69)61-45(75)36(19-28-22-57-32-13-8-6-11-30(28)32)64-49(79)41(26(4)67)65-48(78)40(52)25(3)66)42(72)62-35(18-27-21-56-31-12-7-5-10-29(27)31)46(76)63-37(20-39(70)71)47(77)60-33(14-9-17-55-51(53)54)43(73)59-24(2)50(80)81/h5-8,10-13,21-26,33-37,40-41,56-57,66-67H,9,14-20,52H2,1-4H3,(H,58,74)(H,59,73)(H,60,77)(H,61,75)(H,62,72)(H,63,76)(H,64,79)(H,65,78)(H,68,69)(H,70,71)(H,80,81)(H4,53,54,55)/t23-,24-,25+,26+,33-,34-,35-,36-,37-,40-,41-/m0/s1. The number of nitrogens with one attached hydrogen (secondary N) is 10. The number of benzene rings is 2. The lowest BCUT2D eigenvalue weighted by Crippen LogP contribution is -2.62. The van der Waals surface area contributed by atoms with E-state index in [9.17, 15) is 78.3 Å². The third kappa shape index (κ3) is 19.6. The van der Waals surface area contributed by atoms with Crippen LogP contribution in [0.5, 0.6) is 0 Å². The zero-order valence-electron chi connectivity index (χ0n) is 44.7. The first-order chi connectivity index (χ1) is 38.2. The number of nitrogens with zero attached hydrogens (tertiary/aromatic N) is 1. The Morgan fingerprint density at radius 1 is 0.519 bits per heavy atom. The van der Waals surface area contributed by atoms with Crippen molar-refractivity contribution in [2.24, 2.45) is 22.2 Å². The van der Waals surface area contributed by atoms with Crippen LogP contribution >= 0.6 is 0 Å². The number of hydrogen-bond acceptors (Lipinski definition) is 15. The molecule has 4 rings (SSSR count). The Kier molecular flexibility index (Phi) is 24.1. The highest BCUT2D eigenvalue weighted by atomic mass is 16.4. The molecule has 2 aromatic carbocycles. The van der Waals surface area contributed by atoms with E-state index in [1.54, 1.807) is 54.7 Å². The molecular weight excluding hydrogens is 1060 g/mol. The van der Waals surface area contributed by atoms with Crippen molar-refractivity contribution in [3.05, 3.63) is 72.1 Å². The van der Waals surface area contributed by atoms with Crippen LogP contribution in [0.4, 0.5) is 0 Å². The molecule has 8 amide bonds. The van der Waals surface area contributed by atoms with Gasteiger partial charge in [0.15, 0.2) is 5.96 Å². The topological polar surface area (TPSA) is 507 Å². The van der Waals surface area contributed by atoms with Crippen molar-refractivity contribution >= 4 is 92.9 Å². The van der Waals surface area contributed by atoms with E-state index in [1.807, 2.05) is 0 Å². The first-order valence-electron chi connectivity index (χ1n) is 25.5. The first kappa shape index (κ1) is 64.4. The number of carbonyl (C=O) groups excluding carboxylic acids is 8. The van der Waals surface area contributed by atoms with Gasteiger partial charge in [-0.2, -0.15) is 0 Å². The number of carbonyl (C=O) groups is 11. The van der Waals surface area contributed by atoms with Gasteiger partial charge in [0, 0.05) is 60.0 Å². The van der Waals surface area contributed by atoms with Gasteiger partial charge in [-0.05, 0) is 70.2 Å². The lowest BCUT2D eigenvalue weighted by atomic mass is 10.0. The largest absolute Gasteiger partial charge is 0.481 e. The van der Waals surface area contributed by atoms with Gasteiger partial charge in [-0.15, -0.1) is 0 Å². The summed E-state index contributed by atoms with van der Waals surface area (Å²) >= 11 is 0. The maximum absolute atomic E-state index is 14.3. The minimum absolute atomic E-state index is 0.0250. The molecule has 0 saturated carbocycles. The molecule has 0 aliphatic carbocycles. The van der Waals surface area contributed by atoms with Crippen molar-refractivity contribution in [1.82, 2.24) is 52.5 Å². The summed E-state index contributed by atoms with van der Waals surface area (Å²) in [7, 11) is 0. The fourth-order valence-electron chi connectivity index (χ4n) is 8.16. The van der Waals surface area contributed by atoms with Gasteiger partial charge < -0.3 is 95.2 Å². The molecule has 0 aliphatic heterocycles. The van der Waals surface area contributed by atoms with Crippen molar-refractivity contribution in [2.75, 3.05) is 6.54 Å². The Balaban J connectivity index is 1.62. The predicted octanol–water partition coefficient (Wildman–Crippen LogP) is -4.08. The average Bonchev–Trinajstić information content (AvgIpc) is 4.02. The van der Waals surface area contributed by atoms with Crippen LogP contribution in [0.15, 0.2) is 65.9 Å². The summed E-state index contributed by atoms with van der Waals surface area (Å²) in [6.45, 7) is 4.71. The van der Waals surface area contributed by atoms with Crippen LogP contribution in [0, 0.1) is 0 Å². The molecule has 81 heavy (non-hydrogen) atoms. The molecular formula is C51H70N14O16. The van der Waals surface area contributed by atoms with Gasteiger partial charge in [0.25, 0.3) is 0 Å². The molecule has 2 aromatic heterocycles. The van der Waals surface area contributed by atoms with E-state index < -0.39 is 151 Å². The third-order valence-electron chi connectivity index (χ3n) is 12.7. The molecule has 0 bridgehead atoms. The van der Waals surface area contributed by atoms with Crippen LogP contribution in [0.3, 0.4) is 0 Å². The number of aliphatic hydroxyl groups is 2. The number of rotatable bonds is 32. The number of guanidine groups is 1. The lowest BCUT2D eigenvalue weighted by Gasteiger charge is -2.28. The fraction of sp³-hybridized carbons (Fsp3) is 0.451. The number of nitrogens with two attached hydrogens (primary N) is 3. The van der Waals surface area contributed by atoms with Gasteiger partial charge in [-0.3, -0.25) is 57.7 Å². The fourth-order valence-corrected chi connectivity index (χ4v) is 8.16. The number of carboxylic acids is 3. The number of aromatic amines is 2. The monoisotopic (exact) mass is 1130 g/mol. The van der Waals surface area contributed by atoms with Gasteiger partial charge >= 0.3 is 17.9 Å². The van der Waals surface area contributed by atoms with Crippen molar-refractivity contribution in [3.8, 4) is 0 Å². The Hall–Kier alpha value is -9.16. The number of aromatic nitrogens is 2.